The van der Waals surface area contributed by atoms with Crippen LogP contribution in [0, 0.1) is 0 Å². The molecule has 0 atom stereocenters. The largest absolute Gasteiger partial charge is 0.478 e. The summed E-state index contributed by atoms with van der Waals surface area (Å²) in [6.45, 7) is 2.47. The van der Waals surface area contributed by atoms with E-state index in [2.05, 4.69) is 10.1 Å². The van der Waals surface area contributed by atoms with Crippen LogP contribution >= 0.6 is 11.6 Å². The van der Waals surface area contributed by atoms with Gasteiger partial charge in [0.05, 0.1) is 24.1 Å². The van der Waals surface area contributed by atoms with E-state index >= 15 is 0 Å². The van der Waals surface area contributed by atoms with E-state index in [4.69, 9.17) is 22.1 Å². The second-order valence-electron chi connectivity index (χ2n) is 3.85. The monoisotopic (exact) mass is 278 g/mol. The predicted octanol–water partition coefficient (Wildman–Crippen LogP) is 2.22. The van der Waals surface area contributed by atoms with E-state index in [1.807, 2.05) is 26.1 Å². The highest BCUT2D eigenvalue weighted by Gasteiger charge is 2.16. The molecule has 0 aliphatic rings. The molecule has 19 heavy (non-hydrogen) atoms. The van der Waals surface area contributed by atoms with Gasteiger partial charge in [0.2, 0.25) is 5.88 Å². The van der Waals surface area contributed by atoms with Crippen LogP contribution in [0.15, 0.2) is 30.6 Å². The Balaban J connectivity index is 2.49. The summed E-state index contributed by atoms with van der Waals surface area (Å²) in [6.07, 6.45) is 3.18. The summed E-state index contributed by atoms with van der Waals surface area (Å²) in [6, 6.07) is 5.38. The average Bonchev–Trinajstić information content (AvgIpc) is 2.74. The first kappa shape index (κ1) is 13.4. The van der Waals surface area contributed by atoms with Crippen LogP contribution < -0.4 is 10.5 Å². The number of aromatic nitrogens is 3. The third-order valence-electron chi connectivity index (χ3n) is 2.61. The quantitative estimate of drug-likeness (QED) is 0.871. The number of rotatable bonds is 4. The number of aryl methyl sites for hydroxylation is 1. The smallest absolute Gasteiger partial charge is 0.219 e. The highest BCUT2D eigenvalue weighted by atomic mass is 35.5. The lowest BCUT2D eigenvalue weighted by molar-refractivity contribution is 0.308. The zero-order chi connectivity index (χ0) is 13.8. The predicted molar refractivity (Wildman–Crippen MR) is 74.9 cm³/mol. The first-order valence-electron chi connectivity index (χ1n) is 5.87. The molecule has 0 saturated carbocycles. The van der Waals surface area contributed by atoms with Crippen LogP contribution in [0.3, 0.4) is 0 Å². The summed E-state index contributed by atoms with van der Waals surface area (Å²) in [7, 11) is 1.81. The van der Waals surface area contributed by atoms with E-state index in [9.17, 15) is 0 Å². The van der Waals surface area contributed by atoms with Crippen LogP contribution in [0.25, 0.3) is 5.57 Å². The van der Waals surface area contributed by atoms with Gasteiger partial charge in [0.25, 0.3) is 0 Å². The van der Waals surface area contributed by atoms with Gasteiger partial charge in [0.15, 0.2) is 0 Å². The second-order valence-corrected chi connectivity index (χ2v) is 4.23. The third kappa shape index (κ3) is 2.71. The number of nitrogens with two attached hydrogens (primary N) is 1. The van der Waals surface area contributed by atoms with Crippen LogP contribution in [-0.4, -0.2) is 21.4 Å². The Kier molecular flexibility index (Phi) is 4.06. The molecule has 2 N–H and O–H groups in total. The normalized spacial score (nSPS) is 11.6. The van der Waals surface area contributed by atoms with Gasteiger partial charge in [-0.3, -0.25) is 0 Å². The van der Waals surface area contributed by atoms with Gasteiger partial charge in [-0.25, -0.2) is 9.67 Å². The minimum atomic E-state index is 0.415. The molecule has 6 heteroatoms. The Morgan fingerprint density at radius 3 is 2.95 bits per heavy atom. The molecular weight excluding hydrogens is 264 g/mol. The van der Waals surface area contributed by atoms with Gasteiger partial charge in [-0.1, -0.05) is 17.7 Å². The Bertz CT molecular complexity index is 606. The summed E-state index contributed by atoms with van der Waals surface area (Å²) in [5.74, 6) is 0.654. The molecule has 0 radical (unpaired) electrons. The fourth-order valence-electron chi connectivity index (χ4n) is 1.79. The van der Waals surface area contributed by atoms with Gasteiger partial charge in [-0.15, -0.1) is 0 Å². The maximum Gasteiger partial charge on any atom is 0.219 e. The molecule has 0 spiro atoms. The Morgan fingerprint density at radius 2 is 2.32 bits per heavy atom. The molecule has 2 heterocycles. The molecule has 0 amide bonds. The van der Waals surface area contributed by atoms with Crippen molar-refractivity contribution in [2.45, 2.75) is 6.92 Å². The average molecular weight is 279 g/mol. The van der Waals surface area contributed by atoms with E-state index in [0.717, 1.165) is 11.1 Å². The van der Waals surface area contributed by atoms with E-state index < -0.39 is 0 Å². The molecule has 5 nitrogen and oxygen atoms in total. The number of ether oxygens (including phenoxy) is 1. The fraction of sp³-hybridized carbons (Fsp3) is 0.231. The van der Waals surface area contributed by atoms with E-state index in [0.29, 0.717) is 23.3 Å². The van der Waals surface area contributed by atoms with Gasteiger partial charge < -0.3 is 10.5 Å². The summed E-state index contributed by atoms with van der Waals surface area (Å²) >= 11 is 5.91. The Labute approximate surface area is 116 Å². The SMILES string of the molecule is CCOc1c(C(=CN)c2cccc(Cl)n2)cnn1C. The van der Waals surface area contributed by atoms with Crippen molar-refractivity contribution in [2.24, 2.45) is 12.8 Å². The van der Waals surface area contributed by atoms with Gasteiger partial charge in [-0.05, 0) is 19.1 Å². The van der Waals surface area contributed by atoms with Gasteiger partial charge in [0.1, 0.15) is 5.15 Å². The molecule has 0 bridgehead atoms. The third-order valence-corrected chi connectivity index (χ3v) is 2.82. The molecule has 2 aromatic rings. The van der Waals surface area contributed by atoms with Crippen molar-refractivity contribution in [2.75, 3.05) is 6.61 Å². The summed E-state index contributed by atoms with van der Waals surface area (Å²) < 4.78 is 7.25. The zero-order valence-corrected chi connectivity index (χ0v) is 11.6. The number of hydrogen-bond acceptors (Lipinski definition) is 4. The molecule has 0 saturated heterocycles. The Morgan fingerprint density at radius 1 is 1.53 bits per heavy atom. The van der Waals surface area contributed by atoms with Crippen molar-refractivity contribution in [1.29, 1.82) is 0 Å². The molecule has 0 aliphatic carbocycles. The van der Waals surface area contributed by atoms with Gasteiger partial charge in [0, 0.05) is 18.8 Å². The van der Waals surface area contributed by atoms with Crippen LogP contribution in [0.1, 0.15) is 18.2 Å². The van der Waals surface area contributed by atoms with Crippen LogP contribution in [-0.2, 0) is 7.05 Å². The van der Waals surface area contributed by atoms with Crippen LogP contribution in [0.4, 0.5) is 0 Å². The minimum absolute atomic E-state index is 0.415. The van der Waals surface area contributed by atoms with Crippen LogP contribution in [0.5, 0.6) is 5.88 Å². The number of halogens is 1. The summed E-state index contributed by atoms with van der Waals surface area (Å²) in [4.78, 5) is 4.26. The minimum Gasteiger partial charge on any atom is -0.478 e. The first-order valence-corrected chi connectivity index (χ1v) is 6.25. The van der Waals surface area contributed by atoms with Crippen molar-refractivity contribution in [3.63, 3.8) is 0 Å². The van der Waals surface area contributed by atoms with Crippen molar-refractivity contribution >= 4 is 17.2 Å². The van der Waals surface area contributed by atoms with Crippen LogP contribution in [0.2, 0.25) is 5.15 Å². The van der Waals surface area contributed by atoms with E-state index in [1.165, 1.54) is 6.20 Å². The van der Waals surface area contributed by atoms with Crippen molar-refractivity contribution in [1.82, 2.24) is 14.8 Å². The fourth-order valence-corrected chi connectivity index (χ4v) is 1.95. The lowest BCUT2D eigenvalue weighted by Crippen LogP contribution is -2.02. The Hall–Kier alpha value is -2.01. The number of hydrogen-bond donors (Lipinski definition) is 1. The molecule has 100 valence electrons. The maximum atomic E-state index is 5.91. The van der Waals surface area contributed by atoms with Crippen molar-refractivity contribution in [3.05, 3.63) is 47.0 Å². The lowest BCUT2D eigenvalue weighted by atomic mass is 10.1. The summed E-state index contributed by atoms with van der Waals surface area (Å²) in [5, 5.41) is 4.60. The lowest BCUT2D eigenvalue weighted by Gasteiger charge is -2.09. The van der Waals surface area contributed by atoms with E-state index in [-0.39, 0.29) is 0 Å². The number of nitrogens with zero attached hydrogens (tertiary/aromatic N) is 3. The molecule has 0 aliphatic heterocycles. The maximum absolute atomic E-state index is 5.91. The van der Waals surface area contributed by atoms with Gasteiger partial charge in [-0.2, -0.15) is 5.10 Å². The summed E-state index contributed by atoms with van der Waals surface area (Å²) in [5.41, 5.74) is 7.94. The molecule has 0 aromatic carbocycles. The number of pyridine rings is 1. The topological polar surface area (TPSA) is 66.0 Å². The highest BCUT2D eigenvalue weighted by Crippen LogP contribution is 2.29. The van der Waals surface area contributed by atoms with Gasteiger partial charge >= 0.3 is 0 Å². The molecule has 0 unspecified atom stereocenters. The molecule has 2 aromatic heterocycles. The van der Waals surface area contributed by atoms with E-state index in [1.54, 1.807) is 16.9 Å². The molecule has 0 fully saturated rings. The van der Waals surface area contributed by atoms with Crippen molar-refractivity contribution in [3.8, 4) is 5.88 Å². The molecule has 2 rings (SSSR count). The standard InChI is InChI=1S/C13H15ClN4O/c1-3-19-13-10(8-16-18(13)2)9(7-15)11-5-4-6-12(14)17-11/h4-8H,3,15H2,1-2H3. The second kappa shape index (κ2) is 5.75. The molecular formula is C13H15ClN4O. The highest BCUT2D eigenvalue weighted by molar-refractivity contribution is 6.29. The zero-order valence-electron chi connectivity index (χ0n) is 10.8. The first-order chi connectivity index (χ1) is 9.17. The van der Waals surface area contributed by atoms with Crippen molar-refractivity contribution < 1.29 is 4.74 Å².